The fraction of sp³-hybridized carbons (Fsp3) is 0.0370. The van der Waals surface area contributed by atoms with Gasteiger partial charge in [-0.15, -0.1) is 0 Å². The van der Waals surface area contributed by atoms with Crippen molar-refractivity contribution in [2.75, 3.05) is 4.90 Å². The van der Waals surface area contributed by atoms with Crippen LogP contribution in [0.25, 0.3) is 66.0 Å². The van der Waals surface area contributed by atoms with E-state index in [1.807, 2.05) is 12.1 Å². The molecule has 3 heterocycles. The topological polar surface area (TPSA) is 30.5 Å². The molecule has 274 valence electrons. The Kier molecular flexibility index (Phi) is 7.32. The molecule has 58 heavy (non-hydrogen) atoms. The van der Waals surface area contributed by atoms with Crippen LogP contribution in [-0.4, -0.2) is 10.7 Å². The predicted molar refractivity (Wildman–Crippen MR) is 239 cm³/mol. The summed E-state index contributed by atoms with van der Waals surface area (Å²) >= 11 is 0. The van der Waals surface area contributed by atoms with Crippen LogP contribution in [0.5, 0.6) is 5.88 Å². The zero-order chi connectivity index (χ0) is 38.2. The Morgan fingerprint density at radius 1 is 0.517 bits per heavy atom. The molecule has 4 nitrogen and oxygen atoms in total. The molecule has 12 rings (SSSR count). The summed E-state index contributed by atoms with van der Waals surface area (Å²) in [6, 6.07) is 66.9. The van der Waals surface area contributed by atoms with Gasteiger partial charge in [0.2, 0.25) is 5.88 Å². The molecule has 4 heteroatoms. The Morgan fingerprint density at radius 2 is 1.17 bits per heavy atom. The lowest BCUT2D eigenvalue weighted by Gasteiger charge is -2.26. The first kappa shape index (κ1) is 32.7. The largest absolute Gasteiger partial charge is 0.470 e. The molecule has 2 unspecified atom stereocenters. The molecule has 10 aromatic rings. The number of para-hydroxylation sites is 4. The van der Waals surface area contributed by atoms with Gasteiger partial charge in [0.25, 0.3) is 0 Å². The molecule has 0 amide bonds. The first-order valence-corrected chi connectivity index (χ1v) is 19.9. The van der Waals surface area contributed by atoms with Crippen LogP contribution in [0, 0.1) is 0 Å². The molecule has 0 bridgehead atoms. The maximum Gasteiger partial charge on any atom is 0.203 e. The maximum atomic E-state index is 6.74. The monoisotopic (exact) mass is 744 g/mol. The molecule has 0 N–H and O–H groups in total. The summed E-state index contributed by atoms with van der Waals surface area (Å²) in [5, 5.41) is 5.93. The summed E-state index contributed by atoms with van der Waals surface area (Å²) in [5.74, 6) is 1.04. The second-order valence-electron chi connectivity index (χ2n) is 15.2. The van der Waals surface area contributed by atoms with Crippen molar-refractivity contribution >= 4 is 66.2 Å². The molecule has 2 atom stereocenters. The number of aromatic nitrogens is 1. The van der Waals surface area contributed by atoms with Crippen molar-refractivity contribution in [3.8, 4) is 22.7 Å². The number of rotatable bonds is 6. The highest BCUT2D eigenvalue weighted by Gasteiger charge is 2.39. The number of anilines is 3. The molecule has 0 saturated heterocycles. The lowest BCUT2D eigenvalue weighted by atomic mass is 9.86. The van der Waals surface area contributed by atoms with Gasteiger partial charge >= 0.3 is 0 Å². The first-order chi connectivity index (χ1) is 28.8. The fourth-order valence-electron chi connectivity index (χ4n) is 9.26. The second-order valence-corrected chi connectivity index (χ2v) is 15.2. The van der Waals surface area contributed by atoms with Gasteiger partial charge in [-0.2, -0.15) is 0 Å². The molecule has 1 aliphatic carbocycles. The first-order valence-electron chi connectivity index (χ1n) is 19.9. The van der Waals surface area contributed by atoms with E-state index < -0.39 is 0 Å². The lowest BCUT2D eigenvalue weighted by Crippen LogP contribution is -2.18. The van der Waals surface area contributed by atoms with Crippen molar-refractivity contribution in [1.82, 2.24) is 4.57 Å². The summed E-state index contributed by atoms with van der Waals surface area (Å²) < 4.78 is 15.6. The van der Waals surface area contributed by atoms with E-state index in [-0.39, 0.29) is 12.0 Å². The minimum atomic E-state index is -0.0516. The Hall–Kier alpha value is -7.56. The molecular formula is C54H36N2O2. The van der Waals surface area contributed by atoms with E-state index in [2.05, 4.69) is 204 Å². The van der Waals surface area contributed by atoms with Crippen molar-refractivity contribution in [2.45, 2.75) is 12.0 Å². The molecule has 0 saturated carbocycles. The van der Waals surface area contributed by atoms with Gasteiger partial charge < -0.3 is 14.1 Å². The van der Waals surface area contributed by atoms with Crippen LogP contribution >= 0.6 is 0 Å². The zero-order valence-electron chi connectivity index (χ0n) is 31.5. The van der Waals surface area contributed by atoms with Crippen LogP contribution in [0.3, 0.4) is 0 Å². The van der Waals surface area contributed by atoms with Crippen LogP contribution in [0.15, 0.2) is 211 Å². The van der Waals surface area contributed by atoms with Gasteiger partial charge in [-0.3, -0.25) is 4.57 Å². The van der Waals surface area contributed by atoms with E-state index in [0.717, 1.165) is 61.6 Å². The van der Waals surface area contributed by atoms with Gasteiger partial charge in [-0.25, -0.2) is 0 Å². The highest BCUT2D eigenvalue weighted by Crippen LogP contribution is 2.50. The Balaban J connectivity index is 0.949. The van der Waals surface area contributed by atoms with Crippen LogP contribution < -0.4 is 9.64 Å². The van der Waals surface area contributed by atoms with E-state index >= 15 is 0 Å². The summed E-state index contributed by atoms with van der Waals surface area (Å²) in [5.41, 5.74) is 13.1. The Labute approximate surface area is 335 Å². The smallest absolute Gasteiger partial charge is 0.203 e. The van der Waals surface area contributed by atoms with Crippen molar-refractivity contribution in [3.05, 3.63) is 217 Å². The van der Waals surface area contributed by atoms with Gasteiger partial charge in [0, 0.05) is 44.7 Å². The normalized spacial score (nSPS) is 15.8. The zero-order valence-corrected chi connectivity index (χ0v) is 31.5. The SMILES string of the molecule is C1=CC2Oc3c(c4ccccc4n3-c3ccccc3)C2C=C1c1ccc(N(c2ccc(-c3cccc4ccccc34)cc2)c2cccc3c2oc2ccccc23)cc1. The van der Waals surface area contributed by atoms with E-state index in [1.54, 1.807) is 0 Å². The summed E-state index contributed by atoms with van der Waals surface area (Å²) in [6.45, 7) is 0. The number of benzene rings is 8. The number of ether oxygens (including phenoxy) is 1. The van der Waals surface area contributed by atoms with Gasteiger partial charge in [0.05, 0.1) is 11.2 Å². The average molecular weight is 745 g/mol. The molecule has 8 aromatic carbocycles. The van der Waals surface area contributed by atoms with Crippen LogP contribution in [-0.2, 0) is 0 Å². The molecule has 0 spiro atoms. The van der Waals surface area contributed by atoms with Gasteiger partial charge in [-0.05, 0) is 93.7 Å². The third-order valence-corrected chi connectivity index (χ3v) is 12.0. The number of nitrogens with zero attached hydrogens (tertiary/aromatic N) is 2. The maximum absolute atomic E-state index is 6.74. The van der Waals surface area contributed by atoms with E-state index in [0.29, 0.717) is 0 Å². The van der Waals surface area contributed by atoms with Crippen LogP contribution in [0.2, 0.25) is 0 Å². The van der Waals surface area contributed by atoms with Crippen LogP contribution in [0.4, 0.5) is 17.1 Å². The van der Waals surface area contributed by atoms with Gasteiger partial charge in [0.15, 0.2) is 5.58 Å². The van der Waals surface area contributed by atoms with Crippen LogP contribution in [0.1, 0.15) is 17.0 Å². The quantitative estimate of drug-likeness (QED) is 0.170. The molecule has 2 aromatic heterocycles. The standard InChI is InChI=1S/C54H36N2O2/c1-2-14-39(15-3-1)56-48-21-8-6-18-46(48)52-47-34-38(28-33-51(47)58-54(52)56)35-24-29-40(30-25-35)55(49-22-11-20-45-44-17-7-9-23-50(44)57-53(45)49)41-31-26-37(27-32-41)43-19-10-13-36-12-4-5-16-42(36)43/h1-34,47,51H. The summed E-state index contributed by atoms with van der Waals surface area (Å²) in [6.07, 6.45) is 6.79. The van der Waals surface area contributed by atoms with Gasteiger partial charge in [-0.1, -0.05) is 146 Å². The molecule has 0 radical (unpaired) electrons. The Bertz CT molecular complexity index is 3250. The van der Waals surface area contributed by atoms with Crippen molar-refractivity contribution in [1.29, 1.82) is 0 Å². The third kappa shape index (κ3) is 5.08. The average Bonchev–Trinajstić information content (AvgIpc) is 3.96. The number of allylic oxidation sites excluding steroid dienone is 2. The predicted octanol–water partition coefficient (Wildman–Crippen LogP) is 14.3. The molecule has 2 aliphatic rings. The number of hydrogen-bond acceptors (Lipinski definition) is 3. The molecule has 0 fully saturated rings. The van der Waals surface area contributed by atoms with E-state index in [4.69, 9.17) is 9.15 Å². The van der Waals surface area contributed by atoms with Crippen molar-refractivity contribution in [3.63, 3.8) is 0 Å². The summed E-state index contributed by atoms with van der Waals surface area (Å²) in [7, 11) is 0. The van der Waals surface area contributed by atoms with Crippen molar-refractivity contribution < 1.29 is 9.15 Å². The number of hydrogen-bond donors (Lipinski definition) is 0. The number of fused-ring (bicyclic) bond motifs is 9. The highest BCUT2D eigenvalue weighted by molar-refractivity contribution is 6.10. The summed E-state index contributed by atoms with van der Waals surface area (Å²) in [4.78, 5) is 2.32. The Morgan fingerprint density at radius 3 is 2.00 bits per heavy atom. The highest BCUT2D eigenvalue weighted by atomic mass is 16.5. The number of furan rings is 1. The lowest BCUT2D eigenvalue weighted by molar-refractivity contribution is 0.256. The van der Waals surface area contributed by atoms with E-state index in [1.165, 1.54) is 38.4 Å². The second kappa shape index (κ2) is 13.0. The molecule has 1 aliphatic heterocycles. The third-order valence-electron chi connectivity index (χ3n) is 12.0. The van der Waals surface area contributed by atoms with Crippen molar-refractivity contribution in [2.24, 2.45) is 0 Å². The van der Waals surface area contributed by atoms with Gasteiger partial charge in [0.1, 0.15) is 11.7 Å². The molecular weight excluding hydrogens is 709 g/mol. The minimum absolute atomic E-state index is 0.0516. The van der Waals surface area contributed by atoms with E-state index in [9.17, 15) is 0 Å². The minimum Gasteiger partial charge on any atom is -0.470 e. The fourth-order valence-corrected chi connectivity index (χ4v) is 9.26.